The summed E-state index contributed by atoms with van der Waals surface area (Å²) in [5.41, 5.74) is 0. The summed E-state index contributed by atoms with van der Waals surface area (Å²) < 4.78 is 22.7. The van der Waals surface area contributed by atoms with Gasteiger partial charge in [0.1, 0.15) is 0 Å². The first kappa shape index (κ1) is 14.9. The first-order valence-corrected chi connectivity index (χ1v) is 7.54. The van der Waals surface area contributed by atoms with Crippen molar-refractivity contribution < 1.29 is 8.42 Å². The fourth-order valence-corrected chi connectivity index (χ4v) is 2.30. The fourth-order valence-electron chi connectivity index (χ4n) is 1.18. The molecule has 0 rings (SSSR count). The summed E-state index contributed by atoms with van der Waals surface area (Å²) in [6.07, 6.45) is 0. The highest BCUT2D eigenvalue weighted by Crippen LogP contribution is 2.08. The van der Waals surface area contributed by atoms with E-state index in [-0.39, 0.29) is 17.5 Å². The lowest BCUT2D eigenvalue weighted by Crippen LogP contribution is -2.37. The van der Waals surface area contributed by atoms with Crippen molar-refractivity contribution in [3.05, 3.63) is 0 Å². The monoisotopic (exact) mass is 235 g/mol. The van der Waals surface area contributed by atoms with Crippen LogP contribution in [0.25, 0.3) is 0 Å². The van der Waals surface area contributed by atoms with Crippen LogP contribution in [0.15, 0.2) is 0 Å². The zero-order chi connectivity index (χ0) is 12.1. The van der Waals surface area contributed by atoms with Crippen LogP contribution in [0.5, 0.6) is 0 Å². The highest BCUT2D eigenvalue weighted by atomic mass is 32.2. The first-order chi connectivity index (χ1) is 6.78. The van der Waals surface area contributed by atoms with Gasteiger partial charge < -0.3 is 5.32 Å². The molecular formula is C11H25NO2S. The minimum Gasteiger partial charge on any atom is -0.313 e. The van der Waals surface area contributed by atoms with Gasteiger partial charge in [0.2, 0.25) is 0 Å². The Labute approximate surface area is 94.6 Å². The molecule has 0 aromatic carbocycles. The molecule has 0 aromatic rings. The van der Waals surface area contributed by atoms with Crippen LogP contribution < -0.4 is 5.32 Å². The zero-order valence-corrected chi connectivity index (χ0v) is 11.4. The van der Waals surface area contributed by atoms with Gasteiger partial charge in [-0.15, -0.1) is 0 Å². The number of hydrogen-bond donors (Lipinski definition) is 1. The van der Waals surface area contributed by atoms with E-state index in [4.69, 9.17) is 0 Å². The number of rotatable bonds is 7. The van der Waals surface area contributed by atoms with Crippen molar-refractivity contribution in [2.24, 2.45) is 11.8 Å². The Bertz CT molecular complexity index is 260. The number of sulfone groups is 1. The van der Waals surface area contributed by atoms with Crippen molar-refractivity contribution in [3.8, 4) is 0 Å². The zero-order valence-electron chi connectivity index (χ0n) is 10.6. The molecule has 92 valence electrons. The minimum atomic E-state index is -2.85. The quantitative estimate of drug-likeness (QED) is 0.730. The standard InChI is InChI=1S/C11H25NO2S/c1-6-15(13,14)8-11(5)12-7-10(4)9(2)3/h9-12H,6-8H2,1-5H3. The highest BCUT2D eigenvalue weighted by molar-refractivity contribution is 7.91. The van der Waals surface area contributed by atoms with E-state index in [0.29, 0.717) is 11.8 Å². The van der Waals surface area contributed by atoms with E-state index in [9.17, 15) is 8.42 Å². The summed E-state index contributed by atoms with van der Waals surface area (Å²) in [5.74, 6) is 1.69. The second kappa shape index (κ2) is 6.48. The predicted molar refractivity (Wildman–Crippen MR) is 65.8 cm³/mol. The summed E-state index contributed by atoms with van der Waals surface area (Å²) >= 11 is 0. The predicted octanol–water partition coefficient (Wildman–Crippen LogP) is 1.69. The van der Waals surface area contributed by atoms with Crippen molar-refractivity contribution in [1.82, 2.24) is 5.32 Å². The molecule has 0 heterocycles. The molecule has 0 spiro atoms. The summed E-state index contributed by atoms with van der Waals surface area (Å²) in [6.45, 7) is 11.1. The van der Waals surface area contributed by atoms with Crippen molar-refractivity contribution >= 4 is 9.84 Å². The van der Waals surface area contributed by atoms with Crippen molar-refractivity contribution in [2.45, 2.75) is 40.7 Å². The highest BCUT2D eigenvalue weighted by Gasteiger charge is 2.14. The second-order valence-electron chi connectivity index (χ2n) is 4.73. The van der Waals surface area contributed by atoms with Crippen LogP contribution in [0.4, 0.5) is 0 Å². The largest absolute Gasteiger partial charge is 0.313 e. The van der Waals surface area contributed by atoms with Crippen LogP contribution in [0, 0.1) is 11.8 Å². The minimum absolute atomic E-state index is 0.0520. The lowest BCUT2D eigenvalue weighted by atomic mass is 9.98. The van der Waals surface area contributed by atoms with Gasteiger partial charge in [0, 0.05) is 11.8 Å². The third kappa shape index (κ3) is 6.90. The average molecular weight is 235 g/mol. The smallest absolute Gasteiger partial charge is 0.151 e. The number of nitrogens with one attached hydrogen (secondary N) is 1. The van der Waals surface area contributed by atoms with E-state index in [2.05, 4.69) is 26.1 Å². The molecule has 0 saturated carbocycles. The lowest BCUT2D eigenvalue weighted by Gasteiger charge is -2.19. The molecule has 0 amide bonds. The third-order valence-electron chi connectivity index (χ3n) is 2.87. The Morgan fingerprint density at radius 1 is 1.13 bits per heavy atom. The van der Waals surface area contributed by atoms with Gasteiger partial charge in [0.25, 0.3) is 0 Å². The molecule has 2 unspecified atom stereocenters. The molecule has 0 aliphatic heterocycles. The van der Waals surface area contributed by atoms with Crippen LogP contribution in [0.2, 0.25) is 0 Å². The molecule has 0 bridgehead atoms. The van der Waals surface area contributed by atoms with Gasteiger partial charge in [-0.25, -0.2) is 8.42 Å². The van der Waals surface area contributed by atoms with Gasteiger partial charge in [-0.05, 0) is 25.3 Å². The van der Waals surface area contributed by atoms with Crippen LogP contribution in [-0.4, -0.2) is 32.5 Å². The van der Waals surface area contributed by atoms with Gasteiger partial charge in [0.05, 0.1) is 5.75 Å². The first-order valence-electron chi connectivity index (χ1n) is 5.72. The Morgan fingerprint density at radius 3 is 2.07 bits per heavy atom. The summed E-state index contributed by atoms with van der Waals surface area (Å²) in [4.78, 5) is 0. The van der Waals surface area contributed by atoms with Crippen LogP contribution in [-0.2, 0) is 9.84 Å². The van der Waals surface area contributed by atoms with Crippen LogP contribution >= 0.6 is 0 Å². The topological polar surface area (TPSA) is 46.2 Å². The van der Waals surface area contributed by atoms with Gasteiger partial charge in [0.15, 0.2) is 9.84 Å². The van der Waals surface area contributed by atoms with Crippen LogP contribution in [0.3, 0.4) is 0 Å². The Balaban J connectivity index is 3.90. The molecule has 4 heteroatoms. The van der Waals surface area contributed by atoms with E-state index in [1.54, 1.807) is 6.92 Å². The SMILES string of the molecule is CCS(=O)(=O)CC(C)NCC(C)C(C)C. The molecule has 3 nitrogen and oxygen atoms in total. The molecule has 15 heavy (non-hydrogen) atoms. The van der Waals surface area contributed by atoms with E-state index in [0.717, 1.165) is 6.54 Å². The normalized spacial score (nSPS) is 16.7. The average Bonchev–Trinajstić information content (AvgIpc) is 2.13. The molecule has 0 aliphatic carbocycles. The van der Waals surface area contributed by atoms with E-state index in [1.165, 1.54) is 0 Å². The molecule has 2 atom stereocenters. The Hall–Kier alpha value is -0.0900. The maximum atomic E-state index is 11.3. The third-order valence-corrected chi connectivity index (χ3v) is 4.76. The van der Waals surface area contributed by atoms with Crippen molar-refractivity contribution in [1.29, 1.82) is 0 Å². The molecule has 0 saturated heterocycles. The molecule has 0 radical (unpaired) electrons. The van der Waals surface area contributed by atoms with E-state index in [1.807, 2.05) is 6.92 Å². The fraction of sp³-hybridized carbons (Fsp3) is 1.00. The van der Waals surface area contributed by atoms with Gasteiger partial charge in [-0.1, -0.05) is 27.7 Å². The van der Waals surface area contributed by atoms with E-state index < -0.39 is 9.84 Å². The maximum Gasteiger partial charge on any atom is 0.151 e. The number of hydrogen-bond acceptors (Lipinski definition) is 3. The Morgan fingerprint density at radius 2 is 1.67 bits per heavy atom. The van der Waals surface area contributed by atoms with Gasteiger partial charge in [-0.3, -0.25) is 0 Å². The summed E-state index contributed by atoms with van der Waals surface area (Å²) in [5, 5.41) is 3.27. The molecule has 0 fully saturated rings. The van der Waals surface area contributed by atoms with Gasteiger partial charge in [-0.2, -0.15) is 0 Å². The lowest BCUT2D eigenvalue weighted by molar-refractivity contribution is 0.379. The molecule has 1 N–H and O–H groups in total. The molecule has 0 aliphatic rings. The van der Waals surface area contributed by atoms with Crippen molar-refractivity contribution in [3.63, 3.8) is 0 Å². The molecule has 0 aromatic heterocycles. The summed E-state index contributed by atoms with van der Waals surface area (Å²) in [6, 6.07) is 0.0520. The molecular weight excluding hydrogens is 210 g/mol. The Kier molecular flexibility index (Phi) is 6.44. The van der Waals surface area contributed by atoms with E-state index >= 15 is 0 Å². The summed E-state index contributed by atoms with van der Waals surface area (Å²) in [7, 11) is -2.85. The van der Waals surface area contributed by atoms with Crippen LogP contribution in [0.1, 0.15) is 34.6 Å². The second-order valence-corrected chi connectivity index (χ2v) is 7.13. The van der Waals surface area contributed by atoms with Gasteiger partial charge >= 0.3 is 0 Å². The van der Waals surface area contributed by atoms with Crippen molar-refractivity contribution in [2.75, 3.05) is 18.1 Å². The maximum absolute atomic E-state index is 11.3.